The summed E-state index contributed by atoms with van der Waals surface area (Å²) in [6.45, 7) is 4.82. The lowest BCUT2D eigenvalue weighted by molar-refractivity contribution is -0.0125. The molecule has 0 radical (unpaired) electrons. The Balaban J connectivity index is 2.47. The van der Waals surface area contributed by atoms with Gasteiger partial charge in [0.15, 0.2) is 0 Å². The van der Waals surface area contributed by atoms with Crippen molar-refractivity contribution in [2.75, 3.05) is 13.7 Å². The fraction of sp³-hybridized carbons (Fsp3) is 0.500. The van der Waals surface area contributed by atoms with Crippen molar-refractivity contribution in [2.45, 2.75) is 32.5 Å². The molecule has 1 aromatic rings. The molecule has 1 aromatic carbocycles. The highest BCUT2D eigenvalue weighted by Gasteiger charge is 2.16. The molecular formula is C14H20O4. The molecular weight excluding hydrogens is 232 g/mol. The van der Waals surface area contributed by atoms with Gasteiger partial charge in [-0.05, 0) is 31.9 Å². The Bertz CT molecular complexity index is 399. The quantitative estimate of drug-likeness (QED) is 0.758. The Hall–Kier alpha value is -1.39. The third-order valence-corrected chi connectivity index (χ3v) is 2.91. The van der Waals surface area contributed by atoms with E-state index in [2.05, 4.69) is 0 Å². The molecule has 18 heavy (non-hydrogen) atoms. The van der Waals surface area contributed by atoms with Gasteiger partial charge in [0.2, 0.25) is 0 Å². The van der Waals surface area contributed by atoms with Crippen LogP contribution in [0.25, 0.3) is 0 Å². The van der Waals surface area contributed by atoms with E-state index < -0.39 is 5.97 Å². The molecule has 0 aliphatic heterocycles. The monoisotopic (exact) mass is 252 g/mol. The molecule has 0 fully saturated rings. The Morgan fingerprint density at radius 3 is 2.61 bits per heavy atom. The van der Waals surface area contributed by atoms with Gasteiger partial charge in [-0.15, -0.1) is 0 Å². The van der Waals surface area contributed by atoms with Crippen molar-refractivity contribution in [3.63, 3.8) is 0 Å². The second kappa shape index (κ2) is 6.52. The van der Waals surface area contributed by atoms with Crippen molar-refractivity contribution >= 4 is 5.97 Å². The van der Waals surface area contributed by atoms with Crippen molar-refractivity contribution in [2.24, 2.45) is 0 Å². The first kappa shape index (κ1) is 14.7. The number of benzene rings is 1. The predicted octanol–water partition coefficient (Wildman–Crippen LogP) is 2.72. The molecule has 0 atom stereocenters. The third-order valence-electron chi connectivity index (χ3n) is 2.91. The van der Waals surface area contributed by atoms with Crippen LogP contribution >= 0.6 is 0 Å². The lowest BCUT2D eigenvalue weighted by Gasteiger charge is -2.22. The Kier molecular flexibility index (Phi) is 5.31. The van der Waals surface area contributed by atoms with Crippen molar-refractivity contribution in [3.8, 4) is 0 Å². The molecule has 0 aliphatic rings. The number of carboxylic acids is 1. The van der Waals surface area contributed by atoms with Crippen LogP contribution in [0.2, 0.25) is 0 Å². The molecule has 0 spiro atoms. The van der Waals surface area contributed by atoms with Crippen LogP contribution in [0.4, 0.5) is 0 Å². The van der Waals surface area contributed by atoms with Gasteiger partial charge in [-0.3, -0.25) is 0 Å². The Labute approximate surface area is 108 Å². The molecule has 1 N–H and O–H groups in total. The van der Waals surface area contributed by atoms with Crippen LogP contribution in [0.5, 0.6) is 0 Å². The van der Waals surface area contributed by atoms with Gasteiger partial charge in [-0.25, -0.2) is 4.79 Å². The summed E-state index contributed by atoms with van der Waals surface area (Å²) in [5.41, 5.74) is 0.774. The number of carboxylic acid groups (broad SMARTS) is 1. The average Bonchev–Trinajstić information content (AvgIpc) is 2.35. The van der Waals surface area contributed by atoms with Gasteiger partial charge < -0.3 is 14.6 Å². The number of hydrogen-bond donors (Lipinski definition) is 1. The highest BCUT2D eigenvalue weighted by atomic mass is 16.5. The normalized spacial score (nSPS) is 11.5. The fourth-order valence-electron chi connectivity index (χ4n) is 1.46. The summed E-state index contributed by atoms with van der Waals surface area (Å²) in [5.74, 6) is -0.925. The first-order valence-corrected chi connectivity index (χ1v) is 5.90. The minimum absolute atomic E-state index is 0.216. The molecule has 1 rings (SSSR count). The third kappa shape index (κ3) is 4.47. The van der Waals surface area contributed by atoms with Gasteiger partial charge in [0.25, 0.3) is 0 Å². The van der Waals surface area contributed by atoms with Gasteiger partial charge >= 0.3 is 5.97 Å². The van der Waals surface area contributed by atoms with Crippen LogP contribution in [0.1, 0.15) is 36.2 Å². The molecule has 0 aliphatic carbocycles. The minimum atomic E-state index is -0.925. The summed E-state index contributed by atoms with van der Waals surface area (Å²) < 4.78 is 10.8. The van der Waals surface area contributed by atoms with Crippen LogP contribution in [0.3, 0.4) is 0 Å². The maximum absolute atomic E-state index is 11.0. The van der Waals surface area contributed by atoms with Crippen LogP contribution in [0, 0.1) is 0 Å². The van der Waals surface area contributed by atoms with Gasteiger partial charge in [-0.2, -0.15) is 0 Å². The molecule has 4 nitrogen and oxygen atoms in total. The van der Waals surface area contributed by atoms with E-state index in [9.17, 15) is 4.79 Å². The van der Waals surface area contributed by atoms with Crippen LogP contribution in [0.15, 0.2) is 24.3 Å². The largest absolute Gasteiger partial charge is 0.478 e. The van der Waals surface area contributed by atoms with E-state index in [-0.39, 0.29) is 5.60 Å². The zero-order chi connectivity index (χ0) is 13.6. The zero-order valence-corrected chi connectivity index (χ0v) is 11.1. The van der Waals surface area contributed by atoms with Gasteiger partial charge in [0.1, 0.15) is 0 Å². The van der Waals surface area contributed by atoms with Gasteiger partial charge in [0, 0.05) is 13.7 Å². The number of methoxy groups -OCH3 is 1. The minimum Gasteiger partial charge on any atom is -0.478 e. The van der Waals surface area contributed by atoms with E-state index in [4.69, 9.17) is 14.6 Å². The molecule has 0 amide bonds. The lowest BCUT2D eigenvalue weighted by Crippen LogP contribution is -2.24. The van der Waals surface area contributed by atoms with Crippen molar-refractivity contribution in [1.82, 2.24) is 0 Å². The van der Waals surface area contributed by atoms with E-state index in [0.717, 1.165) is 6.42 Å². The first-order valence-electron chi connectivity index (χ1n) is 5.90. The molecule has 0 heterocycles. The second-order valence-electron chi connectivity index (χ2n) is 4.73. The Morgan fingerprint density at radius 2 is 2.00 bits per heavy atom. The zero-order valence-electron chi connectivity index (χ0n) is 11.1. The maximum Gasteiger partial charge on any atom is 0.336 e. The van der Waals surface area contributed by atoms with Gasteiger partial charge in [-0.1, -0.05) is 18.2 Å². The van der Waals surface area contributed by atoms with Crippen molar-refractivity contribution in [1.29, 1.82) is 0 Å². The average molecular weight is 252 g/mol. The van der Waals surface area contributed by atoms with Crippen molar-refractivity contribution < 1.29 is 19.4 Å². The maximum atomic E-state index is 11.0. The topological polar surface area (TPSA) is 55.8 Å². The van der Waals surface area contributed by atoms with Crippen LogP contribution in [-0.4, -0.2) is 30.4 Å². The highest BCUT2D eigenvalue weighted by Crippen LogP contribution is 2.14. The van der Waals surface area contributed by atoms with Gasteiger partial charge in [0.05, 0.1) is 17.8 Å². The SMILES string of the molecule is COC(C)(C)CCOCc1ccccc1C(=O)O. The lowest BCUT2D eigenvalue weighted by atomic mass is 10.1. The molecule has 0 saturated carbocycles. The first-order chi connectivity index (χ1) is 8.46. The number of carbonyl (C=O) groups is 1. The van der Waals surface area contributed by atoms with E-state index >= 15 is 0 Å². The highest BCUT2D eigenvalue weighted by molar-refractivity contribution is 5.89. The van der Waals surface area contributed by atoms with Crippen LogP contribution < -0.4 is 0 Å². The standard InChI is InChI=1S/C14H20O4/c1-14(2,17-3)8-9-18-10-11-6-4-5-7-12(11)13(15)16/h4-7H,8-10H2,1-3H3,(H,15,16). The molecule has 0 saturated heterocycles. The van der Waals surface area contributed by atoms with E-state index in [1.54, 1.807) is 25.3 Å². The second-order valence-corrected chi connectivity index (χ2v) is 4.73. The molecule has 100 valence electrons. The van der Waals surface area contributed by atoms with E-state index in [0.29, 0.717) is 24.3 Å². The van der Waals surface area contributed by atoms with E-state index in [1.165, 1.54) is 0 Å². The number of rotatable bonds is 7. The molecule has 0 unspecified atom stereocenters. The van der Waals surface area contributed by atoms with E-state index in [1.807, 2.05) is 19.9 Å². The summed E-state index contributed by atoms with van der Waals surface area (Å²) >= 11 is 0. The van der Waals surface area contributed by atoms with Crippen molar-refractivity contribution in [3.05, 3.63) is 35.4 Å². The summed E-state index contributed by atoms with van der Waals surface area (Å²) in [5, 5.41) is 9.01. The number of hydrogen-bond acceptors (Lipinski definition) is 3. The van der Waals surface area contributed by atoms with Crippen LogP contribution in [-0.2, 0) is 16.1 Å². The fourth-order valence-corrected chi connectivity index (χ4v) is 1.46. The molecule has 0 bridgehead atoms. The number of ether oxygens (including phenoxy) is 2. The summed E-state index contributed by atoms with van der Waals surface area (Å²) in [6.07, 6.45) is 0.763. The summed E-state index contributed by atoms with van der Waals surface area (Å²) in [7, 11) is 1.67. The molecule has 0 aromatic heterocycles. The Morgan fingerprint density at radius 1 is 1.33 bits per heavy atom. The smallest absolute Gasteiger partial charge is 0.336 e. The summed E-state index contributed by atoms with van der Waals surface area (Å²) in [4.78, 5) is 11.0. The molecule has 4 heteroatoms. The summed E-state index contributed by atoms with van der Waals surface area (Å²) in [6, 6.07) is 6.87. The predicted molar refractivity (Wildman–Crippen MR) is 68.8 cm³/mol. The number of aromatic carboxylic acids is 1.